The van der Waals surface area contributed by atoms with Gasteiger partial charge in [-0.25, -0.2) is 0 Å². The standard InChI is InChI=1S/C15H31NO4/c1-13(2)5-6-15(17)16-7-8-18-9-10-19-11-12-20-14(3)4/h13-14H,5-12H2,1-4H3,(H,16,17). The largest absolute Gasteiger partial charge is 0.377 e. The predicted molar refractivity (Wildman–Crippen MR) is 79.8 cm³/mol. The van der Waals surface area contributed by atoms with Crippen molar-refractivity contribution in [3.63, 3.8) is 0 Å². The van der Waals surface area contributed by atoms with Gasteiger partial charge in [-0.3, -0.25) is 4.79 Å². The Morgan fingerprint density at radius 3 is 2.15 bits per heavy atom. The van der Waals surface area contributed by atoms with Crippen molar-refractivity contribution in [1.82, 2.24) is 5.32 Å². The van der Waals surface area contributed by atoms with Crippen LogP contribution in [0.1, 0.15) is 40.5 Å². The van der Waals surface area contributed by atoms with Crippen LogP contribution in [0, 0.1) is 5.92 Å². The SMILES string of the molecule is CC(C)CCC(=O)NCCOCCOCCOC(C)C. The highest BCUT2D eigenvalue weighted by Gasteiger charge is 2.02. The van der Waals surface area contributed by atoms with E-state index in [0.717, 1.165) is 6.42 Å². The lowest BCUT2D eigenvalue weighted by Crippen LogP contribution is -2.27. The zero-order chi connectivity index (χ0) is 15.2. The molecule has 20 heavy (non-hydrogen) atoms. The molecule has 0 saturated carbocycles. The van der Waals surface area contributed by atoms with E-state index in [2.05, 4.69) is 19.2 Å². The van der Waals surface area contributed by atoms with Gasteiger partial charge in [-0.2, -0.15) is 0 Å². The Balaban J connectivity index is 3.14. The zero-order valence-corrected chi connectivity index (χ0v) is 13.4. The second kappa shape index (κ2) is 13.3. The van der Waals surface area contributed by atoms with Gasteiger partial charge in [0.2, 0.25) is 5.91 Å². The van der Waals surface area contributed by atoms with Crippen LogP contribution >= 0.6 is 0 Å². The minimum absolute atomic E-state index is 0.101. The fraction of sp³-hybridized carbons (Fsp3) is 0.933. The average Bonchev–Trinajstić information content (AvgIpc) is 2.38. The molecule has 0 aromatic heterocycles. The topological polar surface area (TPSA) is 56.8 Å². The highest BCUT2D eigenvalue weighted by Crippen LogP contribution is 2.02. The molecule has 0 aliphatic rings. The quantitative estimate of drug-likeness (QED) is 0.527. The van der Waals surface area contributed by atoms with Crippen molar-refractivity contribution in [2.24, 2.45) is 5.92 Å². The van der Waals surface area contributed by atoms with Crippen LogP contribution in [0.3, 0.4) is 0 Å². The van der Waals surface area contributed by atoms with E-state index in [1.54, 1.807) is 0 Å². The molecule has 0 atom stereocenters. The third-order valence-electron chi connectivity index (χ3n) is 2.57. The number of amides is 1. The molecule has 0 radical (unpaired) electrons. The summed E-state index contributed by atoms with van der Waals surface area (Å²) < 4.78 is 16.0. The summed E-state index contributed by atoms with van der Waals surface area (Å²) >= 11 is 0. The first kappa shape index (κ1) is 19.4. The fourth-order valence-electron chi connectivity index (χ4n) is 1.44. The lowest BCUT2D eigenvalue weighted by Gasteiger charge is -2.09. The van der Waals surface area contributed by atoms with Crippen molar-refractivity contribution in [3.05, 3.63) is 0 Å². The average molecular weight is 289 g/mol. The van der Waals surface area contributed by atoms with E-state index in [4.69, 9.17) is 14.2 Å². The molecule has 5 nitrogen and oxygen atoms in total. The van der Waals surface area contributed by atoms with Crippen LogP contribution in [0.4, 0.5) is 0 Å². The summed E-state index contributed by atoms with van der Waals surface area (Å²) in [4.78, 5) is 11.4. The van der Waals surface area contributed by atoms with Crippen LogP contribution in [0.25, 0.3) is 0 Å². The molecule has 0 bridgehead atoms. The van der Waals surface area contributed by atoms with Gasteiger partial charge < -0.3 is 19.5 Å². The molecule has 0 fully saturated rings. The normalized spacial score (nSPS) is 11.3. The van der Waals surface area contributed by atoms with E-state index in [0.29, 0.717) is 51.9 Å². The number of carbonyl (C=O) groups excluding carboxylic acids is 1. The highest BCUT2D eigenvalue weighted by molar-refractivity contribution is 5.75. The molecule has 0 saturated heterocycles. The lowest BCUT2D eigenvalue weighted by atomic mass is 10.1. The van der Waals surface area contributed by atoms with Gasteiger partial charge >= 0.3 is 0 Å². The Kier molecular flexibility index (Phi) is 12.9. The summed E-state index contributed by atoms with van der Waals surface area (Å²) in [5.74, 6) is 0.665. The van der Waals surface area contributed by atoms with E-state index >= 15 is 0 Å². The molecule has 0 rings (SSSR count). The Morgan fingerprint density at radius 1 is 0.950 bits per heavy atom. The van der Waals surface area contributed by atoms with Crippen molar-refractivity contribution in [1.29, 1.82) is 0 Å². The molecular weight excluding hydrogens is 258 g/mol. The van der Waals surface area contributed by atoms with E-state index < -0.39 is 0 Å². The predicted octanol–water partition coefficient (Wildman–Crippen LogP) is 2.00. The summed E-state index contributed by atoms with van der Waals surface area (Å²) in [7, 11) is 0. The van der Waals surface area contributed by atoms with Crippen molar-refractivity contribution in [2.45, 2.75) is 46.6 Å². The summed E-state index contributed by atoms with van der Waals surface area (Å²) in [6, 6.07) is 0. The highest BCUT2D eigenvalue weighted by atomic mass is 16.5. The molecule has 0 heterocycles. The Hall–Kier alpha value is -0.650. The third-order valence-corrected chi connectivity index (χ3v) is 2.57. The summed E-state index contributed by atoms with van der Waals surface area (Å²) in [5.41, 5.74) is 0. The Bertz CT molecular complexity index is 232. The number of rotatable bonds is 13. The van der Waals surface area contributed by atoms with Gasteiger partial charge in [0.1, 0.15) is 0 Å². The molecule has 1 amide bonds. The smallest absolute Gasteiger partial charge is 0.220 e. The van der Waals surface area contributed by atoms with Gasteiger partial charge in [-0.1, -0.05) is 13.8 Å². The van der Waals surface area contributed by atoms with Crippen LogP contribution in [-0.2, 0) is 19.0 Å². The molecule has 0 aliphatic carbocycles. The summed E-state index contributed by atoms with van der Waals surface area (Å²) in [6.07, 6.45) is 1.77. The van der Waals surface area contributed by atoms with Crippen molar-refractivity contribution in [2.75, 3.05) is 39.6 Å². The van der Waals surface area contributed by atoms with Crippen LogP contribution in [0.15, 0.2) is 0 Å². The molecule has 5 heteroatoms. The van der Waals surface area contributed by atoms with Crippen LogP contribution in [0.2, 0.25) is 0 Å². The Morgan fingerprint density at radius 2 is 1.55 bits per heavy atom. The first-order chi connectivity index (χ1) is 9.52. The number of nitrogens with one attached hydrogen (secondary N) is 1. The molecule has 1 N–H and O–H groups in total. The maximum atomic E-state index is 11.4. The van der Waals surface area contributed by atoms with Gasteiger partial charge in [0.25, 0.3) is 0 Å². The van der Waals surface area contributed by atoms with E-state index in [1.807, 2.05) is 13.8 Å². The van der Waals surface area contributed by atoms with Crippen LogP contribution in [-0.4, -0.2) is 51.6 Å². The Labute approximate surface area is 123 Å². The van der Waals surface area contributed by atoms with Crippen molar-refractivity contribution >= 4 is 5.91 Å². The zero-order valence-electron chi connectivity index (χ0n) is 13.4. The first-order valence-electron chi connectivity index (χ1n) is 7.56. The van der Waals surface area contributed by atoms with Gasteiger partial charge in [-0.05, 0) is 26.2 Å². The second-order valence-corrected chi connectivity index (χ2v) is 5.43. The monoisotopic (exact) mass is 289 g/mol. The fourth-order valence-corrected chi connectivity index (χ4v) is 1.44. The van der Waals surface area contributed by atoms with Gasteiger partial charge in [-0.15, -0.1) is 0 Å². The van der Waals surface area contributed by atoms with Crippen molar-refractivity contribution < 1.29 is 19.0 Å². The maximum Gasteiger partial charge on any atom is 0.220 e. The van der Waals surface area contributed by atoms with Crippen LogP contribution < -0.4 is 5.32 Å². The number of hydrogen-bond acceptors (Lipinski definition) is 4. The molecule has 0 aromatic carbocycles. The van der Waals surface area contributed by atoms with Gasteiger partial charge in [0.15, 0.2) is 0 Å². The molecule has 0 spiro atoms. The summed E-state index contributed by atoms with van der Waals surface area (Å²) in [6.45, 7) is 11.6. The molecule has 120 valence electrons. The summed E-state index contributed by atoms with van der Waals surface area (Å²) in [5, 5.41) is 2.84. The minimum atomic E-state index is 0.101. The third kappa shape index (κ3) is 15.4. The van der Waals surface area contributed by atoms with Crippen LogP contribution in [0.5, 0.6) is 0 Å². The maximum absolute atomic E-state index is 11.4. The van der Waals surface area contributed by atoms with E-state index in [1.165, 1.54) is 0 Å². The second-order valence-electron chi connectivity index (χ2n) is 5.43. The minimum Gasteiger partial charge on any atom is -0.377 e. The van der Waals surface area contributed by atoms with E-state index in [-0.39, 0.29) is 12.0 Å². The number of carbonyl (C=O) groups is 1. The molecular formula is C15H31NO4. The molecule has 0 aliphatic heterocycles. The van der Waals surface area contributed by atoms with Gasteiger partial charge in [0, 0.05) is 13.0 Å². The molecule has 0 aromatic rings. The van der Waals surface area contributed by atoms with Crippen molar-refractivity contribution in [3.8, 4) is 0 Å². The van der Waals surface area contributed by atoms with E-state index in [9.17, 15) is 4.79 Å². The number of ether oxygens (including phenoxy) is 3. The first-order valence-corrected chi connectivity index (χ1v) is 7.56. The van der Waals surface area contributed by atoms with Gasteiger partial charge in [0.05, 0.1) is 39.1 Å². The number of hydrogen-bond donors (Lipinski definition) is 1. The lowest BCUT2D eigenvalue weighted by molar-refractivity contribution is -0.121. The molecule has 0 unspecified atom stereocenters.